The zero-order valence-electron chi connectivity index (χ0n) is 18.9. The van der Waals surface area contributed by atoms with Gasteiger partial charge in [0.25, 0.3) is 0 Å². The molecule has 0 aliphatic carbocycles. The lowest BCUT2D eigenvalue weighted by molar-refractivity contribution is -0.140. The Bertz CT molecular complexity index is 1040. The highest BCUT2D eigenvalue weighted by molar-refractivity contribution is 7.92. The molecule has 2 amide bonds. The molecule has 2 atom stereocenters. The highest BCUT2D eigenvalue weighted by Gasteiger charge is 2.35. The molecule has 178 valence electrons. The molecule has 0 aliphatic rings. The van der Waals surface area contributed by atoms with E-state index in [1.165, 1.54) is 0 Å². The minimum Gasteiger partial charge on any atom is -0.289 e. The first-order valence-electron chi connectivity index (χ1n) is 10.5. The van der Waals surface area contributed by atoms with Gasteiger partial charge in [-0.15, -0.1) is 0 Å². The molecule has 1 aromatic heterocycles. The molecule has 0 spiro atoms. The second-order valence-corrected chi connectivity index (χ2v) is 9.91. The lowest BCUT2D eigenvalue weighted by atomic mass is 9.82. The average molecular weight is 475 g/mol. The Morgan fingerprint density at radius 1 is 1.09 bits per heavy atom. The first kappa shape index (κ1) is 26.0. The molecule has 0 aliphatic heterocycles. The number of para-hydroxylation sites is 1. The summed E-state index contributed by atoms with van der Waals surface area (Å²) in [6, 6.07) is 11.7. The summed E-state index contributed by atoms with van der Waals surface area (Å²) in [6.07, 6.45) is 8.22. The van der Waals surface area contributed by atoms with Gasteiger partial charge in [-0.05, 0) is 42.5 Å². The third-order valence-corrected chi connectivity index (χ3v) is 5.88. The number of anilines is 1. The molecule has 9 nitrogen and oxygen atoms in total. The molecule has 1 aromatic carbocycles. The van der Waals surface area contributed by atoms with Gasteiger partial charge in [0.2, 0.25) is 21.8 Å². The maximum Gasteiger partial charge on any atom is 0.249 e. The number of aromatic nitrogens is 1. The van der Waals surface area contributed by atoms with Crippen molar-refractivity contribution in [1.82, 2.24) is 15.9 Å². The number of carbonyl (C=O) groups is 2. The molecule has 3 N–H and O–H groups in total. The second-order valence-electron chi connectivity index (χ2n) is 8.08. The Hall–Kier alpha value is -3.24. The van der Waals surface area contributed by atoms with E-state index in [4.69, 9.17) is 0 Å². The number of carbonyl (C=O) groups excluding carboxylic acids is 2. The minimum absolute atomic E-state index is 0.0282. The Kier molecular flexibility index (Phi) is 9.56. The van der Waals surface area contributed by atoms with Crippen LogP contribution in [0.2, 0.25) is 0 Å². The molecule has 1 heterocycles. The molecule has 2 rings (SSSR count). The van der Waals surface area contributed by atoms with E-state index in [9.17, 15) is 23.2 Å². The van der Waals surface area contributed by atoms with Crippen molar-refractivity contribution in [2.75, 3.05) is 10.7 Å². The van der Waals surface area contributed by atoms with Crippen LogP contribution in [0.3, 0.4) is 0 Å². The molecule has 0 saturated heterocycles. The molecule has 0 fully saturated rings. The zero-order valence-corrected chi connectivity index (χ0v) is 19.7. The summed E-state index contributed by atoms with van der Waals surface area (Å²) in [5.74, 6) is -3.16. The molecular weight excluding hydrogens is 444 g/mol. The fraction of sp³-hybridized carbons (Fsp3) is 0.348. The van der Waals surface area contributed by atoms with E-state index in [1.807, 2.05) is 19.9 Å². The molecule has 1 unspecified atom stereocenters. The monoisotopic (exact) mass is 474 g/mol. The molecular formula is C23H30N4O5S. The van der Waals surface area contributed by atoms with Crippen molar-refractivity contribution in [3.63, 3.8) is 0 Å². The zero-order chi connectivity index (χ0) is 24.4. The first-order valence-corrected chi connectivity index (χ1v) is 12.3. The van der Waals surface area contributed by atoms with Crippen molar-refractivity contribution < 1.29 is 23.2 Å². The van der Waals surface area contributed by atoms with Gasteiger partial charge in [0.1, 0.15) is 0 Å². The van der Waals surface area contributed by atoms with Gasteiger partial charge < -0.3 is 0 Å². The number of amides is 2. The van der Waals surface area contributed by atoms with Crippen molar-refractivity contribution >= 4 is 33.6 Å². The highest BCUT2D eigenvalue weighted by atomic mass is 32.2. The number of nitrogens with zero attached hydrogens (tertiary/aromatic N) is 2. The summed E-state index contributed by atoms with van der Waals surface area (Å²) in [7, 11) is -3.85. The van der Waals surface area contributed by atoms with Crippen LogP contribution in [0.25, 0.3) is 6.08 Å². The minimum atomic E-state index is -3.85. The van der Waals surface area contributed by atoms with E-state index in [0.717, 1.165) is 16.2 Å². The summed E-state index contributed by atoms with van der Waals surface area (Å²) in [5, 5.41) is 9.30. The number of benzene rings is 1. The number of hydrogen-bond acceptors (Lipinski definition) is 6. The predicted octanol–water partition coefficient (Wildman–Crippen LogP) is 2.77. The van der Waals surface area contributed by atoms with Crippen molar-refractivity contribution in [2.24, 2.45) is 17.8 Å². The van der Waals surface area contributed by atoms with Crippen molar-refractivity contribution in [2.45, 2.75) is 26.7 Å². The van der Waals surface area contributed by atoms with E-state index in [1.54, 1.807) is 66.4 Å². The van der Waals surface area contributed by atoms with Crippen LogP contribution in [0.15, 0.2) is 60.9 Å². The van der Waals surface area contributed by atoms with Gasteiger partial charge in [0.05, 0.1) is 23.8 Å². The van der Waals surface area contributed by atoms with Gasteiger partial charge in [-0.25, -0.2) is 13.9 Å². The third kappa shape index (κ3) is 7.99. The van der Waals surface area contributed by atoms with Crippen LogP contribution in [0.4, 0.5) is 5.69 Å². The van der Waals surface area contributed by atoms with E-state index in [0.29, 0.717) is 6.42 Å². The maximum absolute atomic E-state index is 13.3. The number of sulfonamides is 1. The topological polar surface area (TPSA) is 129 Å². The molecule has 0 saturated carbocycles. The molecule has 0 radical (unpaired) electrons. The van der Waals surface area contributed by atoms with Crippen LogP contribution in [0.1, 0.15) is 32.3 Å². The Labute approximate surface area is 194 Å². The van der Waals surface area contributed by atoms with Crippen LogP contribution in [-0.2, 0) is 19.6 Å². The van der Waals surface area contributed by atoms with Crippen LogP contribution in [-0.4, -0.2) is 36.7 Å². The molecule has 33 heavy (non-hydrogen) atoms. The van der Waals surface area contributed by atoms with Crippen molar-refractivity contribution in [3.8, 4) is 0 Å². The number of hydrogen-bond donors (Lipinski definition) is 3. The van der Waals surface area contributed by atoms with E-state index >= 15 is 0 Å². The molecule has 2 aromatic rings. The number of allylic oxidation sites excluding steroid dienone is 1. The van der Waals surface area contributed by atoms with Gasteiger partial charge in [-0.1, -0.05) is 50.3 Å². The Balaban J connectivity index is 2.33. The summed E-state index contributed by atoms with van der Waals surface area (Å²) < 4.78 is 25.5. The number of hydrazine groups is 1. The van der Waals surface area contributed by atoms with Crippen LogP contribution in [0, 0.1) is 17.8 Å². The summed E-state index contributed by atoms with van der Waals surface area (Å²) >= 11 is 0. The summed E-state index contributed by atoms with van der Waals surface area (Å²) in [5.41, 5.74) is 5.18. The predicted molar refractivity (Wildman–Crippen MR) is 126 cm³/mol. The second kappa shape index (κ2) is 12.1. The molecule has 10 heteroatoms. The van der Waals surface area contributed by atoms with Crippen molar-refractivity contribution in [1.29, 1.82) is 0 Å². The average Bonchev–Trinajstić information content (AvgIpc) is 2.78. The first-order chi connectivity index (χ1) is 15.6. The highest BCUT2D eigenvalue weighted by Crippen LogP contribution is 2.26. The number of rotatable bonds is 11. The summed E-state index contributed by atoms with van der Waals surface area (Å²) in [4.78, 5) is 29.8. The normalized spacial score (nSPS) is 13.5. The lowest BCUT2D eigenvalue weighted by Gasteiger charge is -2.29. The van der Waals surface area contributed by atoms with Gasteiger partial charge in [-0.2, -0.15) is 4.41 Å². The maximum atomic E-state index is 13.3. The quantitative estimate of drug-likeness (QED) is 0.339. The number of pyridine rings is 1. The largest absolute Gasteiger partial charge is 0.289 e. The molecule has 0 bridgehead atoms. The standard InChI is InChI=1S/C23H30N4O5S/c1-17(2)15-21(20(23(29)26-30)13-7-9-18-10-8-14-24-16-18)22(28)25-27(33(3,31)32)19-11-5-4-6-12-19/h4-12,14,16-17,20-21,30H,13,15H2,1-3H3,(H,25,28)(H,26,29)/t20-,21?/m1/s1. The van der Waals surface area contributed by atoms with Crippen molar-refractivity contribution in [3.05, 3.63) is 66.5 Å². The smallest absolute Gasteiger partial charge is 0.249 e. The van der Waals surface area contributed by atoms with Gasteiger partial charge in [-0.3, -0.25) is 25.2 Å². The summed E-state index contributed by atoms with van der Waals surface area (Å²) in [6.45, 7) is 3.79. The van der Waals surface area contributed by atoms with Crippen LogP contribution in [0.5, 0.6) is 0 Å². The third-order valence-electron chi connectivity index (χ3n) is 4.91. The number of hydroxylamine groups is 1. The van der Waals surface area contributed by atoms with Gasteiger partial charge in [0, 0.05) is 12.4 Å². The van der Waals surface area contributed by atoms with Gasteiger partial charge >= 0.3 is 0 Å². The van der Waals surface area contributed by atoms with E-state index < -0.39 is 33.7 Å². The van der Waals surface area contributed by atoms with Gasteiger partial charge in [0.15, 0.2) is 0 Å². The lowest BCUT2D eigenvalue weighted by Crippen LogP contribution is -2.51. The fourth-order valence-corrected chi connectivity index (χ4v) is 4.17. The SMILES string of the molecule is CC(C)CC(C(=O)NN(c1ccccc1)S(C)(=O)=O)[C@@H](CC=Cc1cccnc1)C(=O)NO. The van der Waals surface area contributed by atoms with Crippen LogP contribution >= 0.6 is 0 Å². The van der Waals surface area contributed by atoms with Crippen LogP contribution < -0.4 is 15.3 Å². The van der Waals surface area contributed by atoms with E-state index in [-0.39, 0.29) is 18.0 Å². The Morgan fingerprint density at radius 3 is 2.33 bits per heavy atom. The Morgan fingerprint density at radius 2 is 1.79 bits per heavy atom. The fourth-order valence-electron chi connectivity index (χ4n) is 3.41. The van der Waals surface area contributed by atoms with E-state index in [2.05, 4.69) is 10.4 Å². The number of nitrogens with one attached hydrogen (secondary N) is 2.